The third kappa shape index (κ3) is 4.44. The number of rotatable bonds is 5. The van der Waals surface area contributed by atoms with E-state index in [-0.39, 0.29) is 29.8 Å². The van der Waals surface area contributed by atoms with Crippen LogP contribution in [0.1, 0.15) is 48.2 Å². The van der Waals surface area contributed by atoms with Gasteiger partial charge in [-0.1, -0.05) is 67.3 Å². The Balaban J connectivity index is 1.68. The lowest BCUT2D eigenvalue weighted by molar-refractivity contribution is -0.125. The minimum absolute atomic E-state index is 0.142. The van der Waals surface area contributed by atoms with E-state index in [9.17, 15) is 14.4 Å². The summed E-state index contributed by atoms with van der Waals surface area (Å²) in [6.45, 7) is 1.62. The summed E-state index contributed by atoms with van der Waals surface area (Å²) in [4.78, 5) is 38.5. The normalized spacial score (nSPS) is 14.3. The molecule has 1 fully saturated rings. The highest BCUT2D eigenvalue weighted by Gasteiger charge is 2.24. The summed E-state index contributed by atoms with van der Waals surface area (Å²) in [6, 6.07) is 15.1. The number of benzene rings is 2. The largest absolute Gasteiger partial charge is 0.451 e. The molecule has 1 saturated carbocycles. The quantitative estimate of drug-likeness (QED) is 0.616. The summed E-state index contributed by atoms with van der Waals surface area (Å²) in [7, 11) is 1.56. The van der Waals surface area contributed by atoms with Crippen LogP contribution in [0.15, 0.2) is 53.3 Å². The Morgan fingerprint density at radius 2 is 1.66 bits per heavy atom. The lowest BCUT2D eigenvalue weighted by Crippen LogP contribution is -2.39. The van der Waals surface area contributed by atoms with E-state index in [0.717, 1.165) is 36.8 Å². The zero-order valence-corrected chi connectivity index (χ0v) is 18.5. The summed E-state index contributed by atoms with van der Waals surface area (Å²) in [6.07, 6.45) is 5.31. The van der Waals surface area contributed by atoms with Crippen LogP contribution in [0.5, 0.6) is 0 Å². The fourth-order valence-electron chi connectivity index (χ4n) is 4.43. The highest BCUT2D eigenvalue weighted by atomic mass is 16.5. The van der Waals surface area contributed by atoms with E-state index in [0.29, 0.717) is 16.3 Å². The molecule has 0 unspecified atom stereocenters. The van der Waals surface area contributed by atoms with Crippen molar-refractivity contribution in [3.05, 3.63) is 70.1 Å². The molecule has 2 aromatic carbocycles. The van der Waals surface area contributed by atoms with E-state index >= 15 is 0 Å². The number of amides is 1. The van der Waals surface area contributed by atoms with Crippen molar-refractivity contribution in [2.45, 2.75) is 45.1 Å². The molecule has 0 radical (unpaired) electrons. The van der Waals surface area contributed by atoms with Crippen molar-refractivity contribution >= 4 is 22.6 Å². The molecule has 0 spiro atoms. The van der Waals surface area contributed by atoms with Crippen LogP contribution < -0.4 is 10.9 Å². The average Bonchev–Trinajstić information content (AvgIpc) is 2.81. The Bertz CT molecular complexity index is 1200. The maximum absolute atomic E-state index is 13.2. The predicted molar refractivity (Wildman–Crippen MR) is 125 cm³/mol. The van der Waals surface area contributed by atoms with Gasteiger partial charge in [0, 0.05) is 24.0 Å². The molecule has 32 heavy (non-hydrogen) atoms. The van der Waals surface area contributed by atoms with Gasteiger partial charge < -0.3 is 14.6 Å². The molecule has 1 aromatic heterocycles. The number of hydrogen-bond donors (Lipinski definition) is 1. The molecule has 0 aliphatic heterocycles. The Labute approximate surface area is 187 Å². The van der Waals surface area contributed by atoms with E-state index in [1.165, 1.54) is 11.0 Å². The summed E-state index contributed by atoms with van der Waals surface area (Å²) in [5.41, 5.74) is 2.38. The van der Waals surface area contributed by atoms with Crippen LogP contribution in [0.4, 0.5) is 0 Å². The van der Waals surface area contributed by atoms with Crippen molar-refractivity contribution in [2.75, 3.05) is 6.61 Å². The van der Waals surface area contributed by atoms with Gasteiger partial charge in [-0.3, -0.25) is 9.59 Å². The molecular weight excluding hydrogens is 404 g/mol. The van der Waals surface area contributed by atoms with Crippen molar-refractivity contribution in [1.82, 2.24) is 9.88 Å². The number of aryl methyl sites for hydroxylation is 1. The third-order valence-corrected chi connectivity index (χ3v) is 6.14. The van der Waals surface area contributed by atoms with Gasteiger partial charge in [-0.2, -0.15) is 0 Å². The van der Waals surface area contributed by atoms with Gasteiger partial charge in [0.2, 0.25) is 0 Å². The molecule has 1 N–H and O–H groups in total. The van der Waals surface area contributed by atoms with Gasteiger partial charge in [-0.15, -0.1) is 0 Å². The summed E-state index contributed by atoms with van der Waals surface area (Å²) < 4.78 is 6.71. The molecule has 6 heteroatoms. The maximum atomic E-state index is 13.2. The van der Waals surface area contributed by atoms with Crippen molar-refractivity contribution in [1.29, 1.82) is 0 Å². The van der Waals surface area contributed by atoms with Crippen LogP contribution in [0, 0.1) is 6.92 Å². The molecule has 1 amide bonds. The molecule has 6 nitrogen and oxygen atoms in total. The van der Waals surface area contributed by atoms with Gasteiger partial charge in [0.05, 0.1) is 0 Å². The van der Waals surface area contributed by atoms with Gasteiger partial charge in [-0.25, -0.2) is 4.79 Å². The van der Waals surface area contributed by atoms with Crippen LogP contribution in [0.25, 0.3) is 21.9 Å². The molecule has 1 heterocycles. The number of aromatic nitrogens is 1. The smallest absolute Gasteiger partial charge is 0.356 e. The summed E-state index contributed by atoms with van der Waals surface area (Å²) in [5.74, 6) is -1.00. The second-order valence-corrected chi connectivity index (χ2v) is 8.48. The van der Waals surface area contributed by atoms with Crippen LogP contribution in [0.3, 0.4) is 0 Å². The number of nitrogens with one attached hydrogen (secondary N) is 1. The highest BCUT2D eigenvalue weighted by Crippen LogP contribution is 2.31. The number of fused-ring (bicyclic) bond motifs is 1. The number of hydrogen-bond acceptors (Lipinski definition) is 4. The zero-order chi connectivity index (χ0) is 22.7. The van der Waals surface area contributed by atoms with Crippen LogP contribution in [0.2, 0.25) is 0 Å². The number of esters is 1. The first-order valence-electron chi connectivity index (χ1n) is 11.1. The number of nitrogens with zero attached hydrogens (tertiary/aromatic N) is 1. The van der Waals surface area contributed by atoms with Crippen molar-refractivity contribution in [2.24, 2.45) is 7.05 Å². The fourth-order valence-corrected chi connectivity index (χ4v) is 4.43. The van der Waals surface area contributed by atoms with Crippen molar-refractivity contribution < 1.29 is 14.3 Å². The maximum Gasteiger partial charge on any atom is 0.356 e. The number of carbonyl (C=O) groups is 2. The lowest BCUT2D eigenvalue weighted by Gasteiger charge is -2.22. The van der Waals surface area contributed by atoms with Crippen LogP contribution in [-0.4, -0.2) is 29.1 Å². The first-order chi connectivity index (χ1) is 15.5. The zero-order valence-electron chi connectivity index (χ0n) is 18.5. The fraction of sp³-hybridized carbons (Fsp3) is 0.346. The molecule has 1 aliphatic carbocycles. The molecule has 3 aromatic rings. The molecular formula is C26H28N2O4. The second-order valence-electron chi connectivity index (χ2n) is 8.48. The highest BCUT2D eigenvalue weighted by molar-refractivity contribution is 6.07. The van der Waals surface area contributed by atoms with Crippen LogP contribution >= 0.6 is 0 Å². The van der Waals surface area contributed by atoms with E-state index in [1.54, 1.807) is 19.2 Å². The number of ether oxygens (including phenoxy) is 1. The molecule has 1 aliphatic rings. The van der Waals surface area contributed by atoms with Gasteiger partial charge in [-0.05, 0) is 36.8 Å². The molecule has 0 bridgehead atoms. The molecule has 0 saturated heterocycles. The van der Waals surface area contributed by atoms with Gasteiger partial charge in [0.25, 0.3) is 11.5 Å². The number of carbonyl (C=O) groups excluding carboxylic acids is 2. The standard InChI is InChI=1S/C26H28N2O4/c1-17-12-14-18(15-13-17)23-20-10-6-7-11-21(20)25(30)28(2)24(23)26(31)32-16-22(29)27-19-8-4-3-5-9-19/h6-7,10-15,19H,3-5,8-9,16H2,1-2H3,(H,27,29). The Hall–Kier alpha value is -3.41. The number of pyridine rings is 1. The first kappa shape index (κ1) is 21.8. The van der Waals surface area contributed by atoms with E-state index in [4.69, 9.17) is 4.74 Å². The summed E-state index contributed by atoms with van der Waals surface area (Å²) in [5, 5.41) is 4.15. The SMILES string of the molecule is Cc1ccc(-c2c(C(=O)OCC(=O)NC3CCCCC3)n(C)c(=O)c3ccccc23)cc1. The lowest BCUT2D eigenvalue weighted by atomic mass is 9.95. The monoisotopic (exact) mass is 432 g/mol. The Morgan fingerprint density at radius 3 is 2.34 bits per heavy atom. The third-order valence-electron chi connectivity index (χ3n) is 6.14. The Kier molecular flexibility index (Phi) is 6.40. The minimum Gasteiger partial charge on any atom is -0.451 e. The summed E-state index contributed by atoms with van der Waals surface area (Å²) >= 11 is 0. The van der Waals surface area contributed by atoms with Gasteiger partial charge in [0.15, 0.2) is 6.61 Å². The molecule has 4 rings (SSSR count). The second kappa shape index (κ2) is 9.39. The molecule has 0 atom stereocenters. The van der Waals surface area contributed by atoms with Crippen LogP contribution in [-0.2, 0) is 16.6 Å². The van der Waals surface area contributed by atoms with Gasteiger partial charge in [0.1, 0.15) is 5.69 Å². The first-order valence-corrected chi connectivity index (χ1v) is 11.1. The molecule has 166 valence electrons. The van der Waals surface area contributed by atoms with Crippen molar-refractivity contribution in [3.63, 3.8) is 0 Å². The Morgan fingerprint density at radius 1 is 1.00 bits per heavy atom. The average molecular weight is 433 g/mol. The predicted octanol–water partition coefficient (Wildman–Crippen LogP) is 4.12. The van der Waals surface area contributed by atoms with E-state index < -0.39 is 5.97 Å². The van der Waals surface area contributed by atoms with E-state index in [1.807, 2.05) is 43.3 Å². The topological polar surface area (TPSA) is 77.4 Å². The van der Waals surface area contributed by atoms with Crippen molar-refractivity contribution in [3.8, 4) is 11.1 Å². The van der Waals surface area contributed by atoms with E-state index in [2.05, 4.69) is 5.32 Å². The minimum atomic E-state index is -0.690. The van der Waals surface area contributed by atoms with Gasteiger partial charge >= 0.3 is 5.97 Å².